The summed E-state index contributed by atoms with van der Waals surface area (Å²) in [6.07, 6.45) is 1.44. The molecule has 0 fully saturated rings. The van der Waals surface area contributed by atoms with Crippen molar-refractivity contribution in [1.82, 2.24) is 10.1 Å². The minimum absolute atomic E-state index is 0.00188. The van der Waals surface area contributed by atoms with Crippen LogP contribution in [-0.2, 0) is 4.79 Å². The number of benzene rings is 1. The summed E-state index contributed by atoms with van der Waals surface area (Å²) in [4.78, 5) is 16.1. The van der Waals surface area contributed by atoms with Crippen LogP contribution in [0, 0.1) is 6.92 Å². The predicted octanol–water partition coefficient (Wildman–Crippen LogP) is 4.53. The number of carbonyl (C=O) groups is 1. The zero-order chi connectivity index (χ0) is 18.5. The number of rotatable bonds is 6. The highest BCUT2D eigenvalue weighted by Crippen LogP contribution is 2.33. The summed E-state index contributed by atoms with van der Waals surface area (Å²) in [6, 6.07) is 10.3. The van der Waals surface area contributed by atoms with Crippen molar-refractivity contribution in [2.24, 2.45) is 0 Å². The summed E-state index contributed by atoms with van der Waals surface area (Å²) in [7, 11) is 0. The second kappa shape index (κ2) is 8.07. The van der Waals surface area contributed by atoms with E-state index in [2.05, 4.69) is 20.8 Å². The van der Waals surface area contributed by atoms with E-state index in [1.165, 1.54) is 12.3 Å². The highest BCUT2D eigenvalue weighted by molar-refractivity contribution is 6.35. The van der Waals surface area contributed by atoms with E-state index in [4.69, 9.17) is 32.5 Å². The van der Waals surface area contributed by atoms with Crippen molar-refractivity contribution < 1.29 is 14.1 Å². The first-order chi connectivity index (χ1) is 12.5. The molecule has 2 N–H and O–H groups in total. The number of pyridine rings is 1. The molecule has 0 unspecified atom stereocenters. The number of carbonyl (C=O) groups excluding carboxylic acids is 1. The first-order valence-corrected chi connectivity index (χ1v) is 8.32. The first-order valence-electron chi connectivity index (χ1n) is 7.56. The second-order valence-corrected chi connectivity index (χ2v) is 6.12. The number of nitrogens with one attached hydrogen (secondary N) is 2. The summed E-state index contributed by atoms with van der Waals surface area (Å²) in [6.45, 7) is 1.77. The maximum Gasteiger partial charge on any atom is 0.246 e. The third-order valence-corrected chi connectivity index (χ3v) is 3.68. The molecule has 0 aliphatic heterocycles. The molecular weight excluding hydrogens is 379 g/mol. The predicted molar refractivity (Wildman–Crippen MR) is 99.1 cm³/mol. The Balaban J connectivity index is 1.66. The van der Waals surface area contributed by atoms with Gasteiger partial charge in [0.05, 0.1) is 22.9 Å². The van der Waals surface area contributed by atoms with Crippen molar-refractivity contribution in [1.29, 1.82) is 0 Å². The number of hydrogen-bond donors (Lipinski definition) is 2. The van der Waals surface area contributed by atoms with Crippen molar-refractivity contribution in [3.05, 3.63) is 58.3 Å². The molecule has 0 aliphatic rings. The summed E-state index contributed by atoms with van der Waals surface area (Å²) < 4.78 is 10.7. The first kappa shape index (κ1) is 18.0. The lowest BCUT2D eigenvalue weighted by atomic mass is 10.3. The topological polar surface area (TPSA) is 89.3 Å². The van der Waals surface area contributed by atoms with Gasteiger partial charge in [0.15, 0.2) is 5.75 Å². The zero-order valence-corrected chi connectivity index (χ0v) is 15.1. The number of amides is 1. The average molecular weight is 393 g/mol. The molecule has 0 saturated carbocycles. The SMILES string of the molecule is Cc1cc(NC(=O)CNc2ccccc2Oc2ncc(Cl)cc2Cl)on1. The largest absolute Gasteiger partial charge is 0.435 e. The normalized spacial score (nSPS) is 10.4. The van der Waals surface area contributed by atoms with Crippen molar-refractivity contribution in [3.8, 4) is 11.6 Å². The summed E-state index contributed by atoms with van der Waals surface area (Å²) >= 11 is 11.9. The molecule has 1 aromatic carbocycles. The minimum Gasteiger partial charge on any atom is -0.435 e. The fraction of sp³-hybridized carbons (Fsp3) is 0.118. The third kappa shape index (κ3) is 4.65. The average Bonchev–Trinajstić information content (AvgIpc) is 3.01. The van der Waals surface area contributed by atoms with Gasteiger partial charge in [-0.1, -0.05) is 40.5 Å². The van der Waals surface area contributed by atoms with Crippen LogP contribution in [0.4, 0.5) is 11.6 Å². The second-order valence-electron chi connectivity index (χ2n) is 5.27. The van der Waals surface area contributed by atoms with Gasteiger partial charge in [0.1, 0.15) is 5.02 Å². The third-order valence-electron chi connectivity index (χ3n) is 3.20. The molecule has 26 heavy (non-hydrogen) atoms. The molecule has 0 radical (unpaired) electrons. The summed E-state index contributed by atoms with van der Waals surface area (Å²) in [5.41, 5.74) is 1.28. The molecule has 3 aromatic rings. The van der Waals surface area contributed by atoms with Crippen LogP contribution < -0.4 is 15.4 Å². The van der Waals surface area contributed by atoms with Gasteiger partial charge in [-0.2, -0.15) is 0 Å². The molecule has 0 saturated heterocycles. The summed E-state index contributed by atoms with van der Waals surface area (Å²) in [5.74, 6) is 0.675. The maximum atomic E-state index is 12.0. The number of ether oxygens (including phenoxy) is 1. The number of halogens is 2. The summed E-state index contributed by atoms with van der Waals surface area (Å²) in [5, 5.41) is 9.99. The van der Waals surface area contributed by atoms with Crippen LogP contribution in [0.15, 0.2) is 47.1 Å². The molecule has 0 spiro atoms. The van der Waals surface area contributed by atoms with Crippen LogP contribution in [0.1, 0.15) is 5.69 Å². The van der Waals surface area contributed by atoms with Crippen LogP contribution in [0.2, 0.25) is 10.0 Å². The van der Waals surface area contributed by atoms with Gasteiger partial charge in [0.2, 0.25) is 17.7 Å². The molecule has 1 amide bonds. The van der Waals surface area contributed by atoms with Gasteiger partial charge < -0.3 is 14.6 Å². The van der Waals surface area contributed by atoms with Crippen molar-refractivity contribution in [2.75, 3.05) is 17.2 Å². The Morgan fingerprint density at radius 1 is 1.27 bits per heavy atom. The molecule has 7 nitrogen and oxygen atoms in total. The Kier molecular flexibility index (Phi) is 5.60. The molecule has 2 heterocycles. The fourth-order valence-corrected chi connectivity index (χ4v) is 2.48. The molecule has 9 heteroatoms. The van der Waals surface area contributed by atoms with E-state index < -0.39 is 0 Å². The van der Waals surface area contributed by atoms with Crippen molar-refractivity contribution >= 4 is 40.7 Å². The highest BCUT2D eigenvalue weighted by Gasteiger charge is 2.11. The monoisotopic (exact) mass is 392 g/mol. The van der Waals surface area contributed by atoms with Gasteiger partial charge in [0.25, 0.3) is 0 Å². The van der Waals surface area contributed by atoms with Gasteiger partial charge in [0, 0.05) is 12.3 Å². The lowest BCUT2D eigenvalue weighted by Crippen LogP contribution is -2.21. The quantitative estimate of drug-likeness (QED) is 0.640. The molecule has 2 aromatic heterocycles. The molecule has 134 valence electrons. The lowest BCUT2D eigenvalue weighted by molar-refractivity contribution is -0.114. The molecule has 0 bridgehead atoms. The van der Waals surface area contributed by atoms with E-state index >= 15 is 0 Å². The van der Waals surface area contributed by atoms with Gasteiger partial charge in [-0.15, -0.1) is 0 Å². The Labute approximate surface area is 159 Å². The van der Waals surface area contributed by atoms with Crippen LogP contribution in [0.5, 0.6) is 11.6 Å². The lowest BCUT2D eigenvalue weighted by Gasteiger charge is -2.12. The Bertz CT molecular complexity index is 930. The molecule has 0 atom stereocenters. The van der Waals surface area contributed by atoms with E-state index in [9.17, 15) is 4.79 Å². The number of aryl methyl sites for hydroxylation is 1. The van der Waals surface area contributed by atoms with Crippen LogP contribution >= 0.6 is 23.2 Å². The Hall–Kier alpha value is -2.77. The van der Waals surface area contributed by atoms with Gasteiger partial charge >= 0.3 is 0 Å². The van der Waals surface area contributed by atoms with E-state index in [1.54, 1.807) is 31.2 Å². The molecule has 0 aliphatic carbocycles. The molecular formula is C17H14Cl2N4O3. The van der Waals surface area contributed by atoms with Gasteiger partial charge in [-0.25, -0.2) is 4.98 Å². The van der Waals surface area contributed by atoms with E-state index in [-0.39, 0.29) is 29.2 Å². The van der Waals surface area contributed by atoms with Gasteiger partial charge in [-0.3, -0.25) is 10.1 Å². The van der Waals surface area contributed by atoms with Gasteiger partial charge in [-0.05, 0) is 25.1 Å². The maximum absolute atomic E-state index is 12.0. The zero-order valence-electron chi connectivity index (χ0n) is 13.6. The Morgan fingerprint density at radius 3 is 2.81 bits per heavy atom. The van der Waals surface area contributed by atoms with E-state index in [0.29, 0.717) is 22.2 Å². The number of para-hydroxylation sites is 2. The number of nitrogens with zero attached hydrogens (tertiary/aromatic N) is 2. The highest BCUT2D eigenvalue weighted by atomic mass is 35.5. The van der Waals surface area contributed by atoms with E-state index in [0.717, 1.165) is 0 Å². The standard InChI is InChI=1S/C17H14Cl2N4O3/c1-10-6-16(26-23-10)22-15(24)9-20-13-4-2-3-5-14(13)25-17-12(19)7-11(18)8-21-17/h2-8,20H,9H2,1H3,(H,22,24). The van der Waals surface area contributed by atoms with Crippen molar-refractivity contribution in [3.63, 3.8) is 0 Å². The van der Waals surface area contributed by atoms with Crippen molar-refractivity contribution in [2.45, 2.75) is 6.92 Å². The van der Waals surface area contributed by atoms with Crippen LogP contribution in [0.3, 0.4) is 0 Å². The number of anilines is 2. The van der Waals surface area contributed by atoms with Crippen LogP contribution in [0.25, 0.3) is 0 Å². The molecule has 3 rings (SSSR count). The van der Waals surface area contributed by atoms with E-state index in [1.807, 2.05) is 6.07 Å². The smallest absolute Gasteiger partial charge is 0.246 e. The fourth-order valence-electron chi connectivity index (χ4n) is 2.06. The minimum atomic E-state index is -0.293. The van der Waals surface area contributed by atoms with Crippen LogP contribution in [-0.4, -0.2) is 22.6 Å². The number of hydrogen-bond acceptors (Lipinski definition) is 6. The Morgan fingerprint density at radius 2 is 2.08 bits per heavy atom. The number of aromatic nitrogens is 2.